The van der Waals surface area contributed by atoms with Crippen molar-refractivity contribution in [3.63, 3.8) is 0 Å². The molecule has 2 aromatic carbocycles. The number of rotatable bonds is 5. The Hall–Kier alpha value is -2.38. The van der Waals surface area contributed by atoms with Gasteiger partial charge in [0.05, 0.1) is 5.25 Å². The lowest BCUT2D eigenvalue weighted by atomic mass is 10.2. The number of thioether (sulfide) groups is 1. The molecule has 2 heterocycles. The summed E-state index contributed by atoms with van der Waals surface area (Å²) >= 11 is 2.93. The van der Waals surface area contributed by atoms with Crippen LogP contribution < -0.4 is 10.2 Å². The molecule has 1 aliphatic heterocycles. The summed E-state index contributed by atoms with van der Waals surface area (Å²) < 4.78 is 0.790. The van der Waals surface area contributed by atoms with Crippen molar-refractivity contribution in [3.8, 4) is 0 Å². The molecule has 138 valence electrons. The average molecular weight is 397 g/mol. The minimum absolute atomic E-state index is 0.119. The van der Waals surface area contributed by atoms with Gasteiger partial charge in [-0.3, -0.25) is 4.79 Å². The zero-order valence-corrected chi connectivity index (χ0v) is 16.8. The monoisotopic (exact) mass is 396 g/mol. The predicted molar refractivity (Wildman–Crippen MR) is 112 cm³/mol. The Labute approximate surface area is 166 Å². The lowest BCUT2D eigenvalue weighted by Crippen LogP contribution is -2.35. The van der Waals surface area contributed by atoms with E-state index in [-0.39, 0.29) is 11.2 Å². The van der Waals surface area contributed by atoms with Crippen molar-refractivity contribution in [3.05, 3.63) is 59.7 Å². The highest BCUT2D eigenvalue weighted by Gasteiger charge is 2.28. The summed E-state index contributed by atoms with van der Waals surface area (Å²) in [6, 6.07) is 16.2. The molecule has 1 aliphatic rings. The maximum absolute atomic E-state index is 12.9. The Morgan fingerprint density at radius 2 is 2.07 bits per heavy atom. The molecule has 0 radical (unpaired) electrons. The third-order valence-electron chi connectivity index (χ3n) is 4.45. The molecule has 0 fully saturated rings. The third kappa shape index (κ3) is 3.99. The molecule has 3 aromatic rings. The Bertz CT molecular complexity index is 972. The lowest BCUT2D eigenvalue weighted by Gasteiger charge is -2.20. The summed E-state index contributed by atoms with van der Waals surface area (Å²) in [4.78, 5) is 14.8. The number of benzene rings is 2. The van der Waals surface area contributed by atoms with Gasteiger partial charge in [0.2, 0.25) is 11.0 Å². The Morgan fingerprint density at radius 3 is 2.93 bits per heavy atom. The van der Waals surface area contributed by atoms with Gasteiger partial charge in [0, 0.05) is 17.9 Å². The van der Waals surface area contributed by atoms with E-state index < -0.39 is 0 Å². The Kier molecular flexibility index (Phi) is 5.13. The van der Waals surface area contributed by atoms with E-state index in [4.69, 9.17) is 0 Å². The first kappa shape index (κ1) is 18.0. The van der Waals surface area contributed by atoms with E-state index in [1.54, 1.807) is 0 Å². The van der Waals surface area contributed by atoms with E-state index in [1.807, 2.05) is 42.2 Å². The van der Waals surface area contributed by atoms with Gasteiger partial charge in [-0.05, 0) is 49.6 Å². The molecule has 0 saturated carbocycles. The summed E-state index contributed by atoms with van der Waals surface area (Å²) in [5, 5.41) is 12.2. The minimum Gasteiger partial charge on any atom is -0.330 e. The van der Waals surface area contributed by atoms with Gasteiger partial charge in [-0.25, -0.2) is 0 Å². The molecule has 1 aromatic heterocycles. The number of fused-ring (bicyclic) bond motifs is 1. The second-order valence-corrected chi connectivity index (χ2v) is 9.06. The van der Waals surface area contributed by atoms with Crippen molar-refractivity contribution in [1.82, 2.24) is 10.2 Å². The van der Waals surface area contributed by atoms with E-state index in [9.17, 15) is 4.79 Å². The summed E-state index contributed by atoms with van der Waals surface area (Å²) in [6.45, 7) is 4.73. The zero-order valence-electron chi connectivity index (χ0n) is 15.2. The smallest absolute Gasteiger partial charge is 0.240 e. The highest BCUT2D eigenvalue weighted by Crippen LogP contribution is 2.34. The van der Waals surface area contributed by atoms with Crippen LogP contribution in [0.15, 0.2) is 52.9 Å². The maximum atomic E-state index is 12.9. The number of aryl methyl sites for hydroxylation is 1. The molecule has 5 nitrogen and oxygen atoms in total. The van der Waals surface area contributed by atoms with E-state index in [1.165, 1.54) is 34.2 Å². The van der Waals surface area contributed by atoms with Crippen LogP contribution in [0, 0.1) is 6.92 Å². The van der Waals surface area contributed by atoms with E-state index in [0.717, 1.165) is 33.8 Å². The average Bonchev–Trinajstić information content (AvgIpc) is 3.28. The number of carbonyl (C=O) groups excluding carboxylic acids is 1. The van der Waals surface area contributed by atoms with Crippen LogP contribution >= 0.6 is 23.1 Å². The van der Waals surface area contributed by atoms with Crippen LogP contribution in [-0.4, -0.2) is 27.9 Å². The third-order valence-corrected chi connectivity index (χ3v) is 6.46. The van der Waals surface area contributed by atoms with Gasteiger partial charge in [-0.1, -0.05) is 53.4 Å². The lowest BCUT2D eigenvalue weighted by molar-refractivity contribution is -0.117. The van der Waals surface area contributed by atoms with Crippen LogP contribution in [0.2, 0.25) is 0 Å². The van der Waals surface area contributed by atoms with Gasteiger partial charge in [-0.2, -0.15) is 0 Å². The van der Waals surface area contributed by atoms with Crippen LogP contribution in [0.5, 0.6) is 0 Å². The number of hydrogen-bond donors (Lipinski definition) is 1. The Balaban J connectivity index is 1.41. The standard InChI is InChI=1S/C20H20N4OS2/c1-13-6-5-8-16(12-13)21-19-22-23-20(27-19)26-14(2)18(25)24-11-10-15-7-3-4-9-17(15)24/h3-9,12,14H,10-11H2,1-2H3,(H,21,22)/t14-/m1/s1. The number of hydrogen-bond acceptors (Lipinski definition) is 6. The molecule has 4 rings (SSSR count). The molecule has 0 unspecified atom stereocenters. The molecule has 0 spiro atoms. The first-order valence-electron chi connectivity index (χ1n) is 8.83. The number of carbonyl (C=O) groups is 1. The number of aromatic nitrogens is 2. The summed E-state index contributed by atoms with van der Waals surface area (Å²) in [5.41, 5.74) is 4.45. The molecule has 1 N–H and O–H groups in total. The fraction of sp³-hybridized carbons (Fsp3) is 0.250. The quantitative estimate of drug-likeness (QED) is 0.636. The Morgan fingerprint density at radius 1 is 1.22 bits per heavy atom. The molecule has 27 heavy (non-hydrogen) atoms. The van der Waals surface area contributed by atoms with E-state index in [2.05, 4.69) is 40.6 Å². The summed E-state index contributed by atoms with van der Waals surface area (Å²) in [7, 11) is 0. The van der Waals surface area contributed by atoms with Crippen molar-refractivity contribution < 1.29 is 4.79 Å². The highest BCUT2D eigenvalue weighted by molar-refractivity contribution is 8.02. The number of anilines is 3. The van der Waals surface area contributed by atoms with Gasteiger partial charge >= 0.3 is 0 Å². The van der Waals surface area contributed by atoms with Gasteiger partial charge < -0.3 is 10.2 Å². The summed E-state index contributed by atoms with van der Waals surface area (Å²) in [5.74, 6) is 0.119. The molecule has 1 atom stereocenters. The number of para-hydroxylation sites is 1. The summed E-state index contributed by atoms with van der Waals surface area (Å²) in [6.07, 6.45) is 0.919. The largest absolute Gasteiger partial charge is 0.330 e. The van der Waals surface area contributed by atoms with Gasteiger partial charge in [0.15, 0.2) is 4.34 Å². The fourth-order valence-electron chi connectivity index (χ4n) is 3.14. The molecular formula is C20H20N4OS2. The number of amides is 1. The highest BCUT2D eigenvalue weighted by atomic mass is 32.2. The molecule has 0 bridgehead atoms. The van der Waals surface area contributed by atoms with Gasteiger partial charge in [0.25, 0.3) is 0 Å². The van der Waals surface area contributed by atoms with Crippen molar-refractivity contribution in [2.75, 3.05) is 16.8 Å². The molecule has 1 amide bonds. The molecule has 7 heteroatoms. The van der Waals surface area contributed by atoms with E-state index >= 15 is 0 Å². The van der Waals surface area contributed by atoms with Crippen molar-refractivity contribution in [2.24, 2.45) is 0 Å². The van der Waals surface area contributed by atoms with E-state index in [0.29, 0.717) is 0 Å². The van der Waals surface area contributed by atoms with Crippen molar-refractivity contribution in [2.45, 2.75) is 29.9 Å². The minimum atomic E-state index is -0.212. The van der Waals surface area contributed by atoms with Gasteiger partial charge in [0.1, 0.15) is 0 Å². The predicted octanol–water partition coefficient (Wildman–Crippen LogP) is 4.66. The fourth-order valence-corrected chi connectivity index (χ4v) is 5.12. The second-order valence-electron chi connectivity index (χ2n) is 6.50. The molecule has 0 aliphatic carbocycles. The van der Waals surface area contributed by atoms with Crippen LogP contribution in [-0.2, 0) is 11.2 Å². The second kappa shape index (κ2) is 7.70. The maximum Gasteiger partial charge on any atom is 0.240 e. The van der Waals surface area contributed by atoms with Crippen LogP contribution in [0.4, 0.5) is 16.5 Å². The van der Waals surface area contributed by atoms with Gasteiger partial charge in [-0.15, -0.1) is 10.2 Å². The zero-order chi connectivity index (χ0) is 18.8. The van der Waals surface area contributed by atoms with Crippen molar-refractivity contribution in [1.29, 1.82) is 0 Å². The van der Waals surface area contributed by atoms with Crippen LogP contribution in [0.25, 0.3) is 0 Å². The number of nitrogens with zero attached hydrogens (tertiary/aromatic N) is 3. The first-order valence-corrected chi connectivity index (χ1v) is 10.5. The first-order chi connectivity index (χ1) is 13.1. The SMILES string of the molecule is Cc1cccc(Nc2nnc(S[C@H](C)C(=O)N3CCc4ccccc43)s2)c1. The molecular weight excluding hydrogens is 376 g/mol. The molecule has 0 saturated heterocycles. The topological polar surface area (TPSA) is 58.1 Å². The van der Waals surface area contributed by atoms with Crippen molar-refractivity contribution >= 4 is 45.5 Å². The normalized spacial score (nSPS) is 14.1. The van der Waals surface area contributed by atoms with Crippen LogP contribution in [0.1, 0.15) is 18.1 Å². The number of nitrogens with one attached hydrogen (secondary N) is 1. The van der Waals surface area contributed by atoms with Crippen LogP contribution in [0.3, 0.4) is 0 Å².